The second kappa shape index (κ2) is 17.9. The zero-order chi connectivity index (χ0) is 20.4. The molecule has 0 aliphatic rings. The summed E-state index contributed by atoms with van der Waals surface area (Å²) in [4.78, 5) is 0. The molecule has 0 bridgehead atoms. The average molecular weight is 388 g/mol. The molecule has 3 atom stereocenters. The molecule has 4 N–H and O–H groups in total. The number of nitrogens with two attached hydrogens (primary N) is 1. The van der Waals surface area contributed by atoms with Crippen LogP contribution in [0.5, 0.6) is 0 Å². The molecule has 164 valence electrons. The van der Waals surface area contributed by atoms with E-state index in [0.717, 1.165) is 12.8 Å². The van der Waals surface area contributed by atoms with Crippen LogP contribution in [0.4, 0.5) is 0 Å². The highest BCUT2D eigenvalue weighted by molar-refractivity contribution is 4.81. The zero-order valence-electron chi connectivity index (χ0n) is 18.6. The molecule has 0 heterocycles. The fraction of sp³-hybridized carbons (Fsp3) is 1.00. The molecule has 0 saturated heterocycles. The molecule has 0 aromatic carbocycles. The lowest BCUT2D eigenvalue weighted by Crippen LogP contribution is -2.53. The van der Waals surface area contributed by atoms with E-state index in [0.29, 0.717) is 6.61 Å². The molecule has 0 saturated carbocycles. The Kier molecular flexibility index (Phi) is 17.8. The summed E-state index contributed by atoms with van der Waals surface area (Å²) in [7, 11) is 0. The van der Waals surface area contributed by atoms with Crippen LogP contribution in [0.2, 0.25) is 0 Å². The maximum atomic E-state index is 10.1. The van der Waals surface area contributed by atoms with Crippen LogP contribution in [0.1, 0.15) is 124 Å². The Bertz CT molecular complexity index is 308. The molecule has 0 aromatic heterocycles. The lowest BCUT2D eigenvalue weighted by molar-refractivity contribution is -0.216. The molecule has 0 fully saturated rings. The van der Waals surface area contributed by atoms with Gasteiger partial charge in [-0.3, -0.25) is 0 Å². The Balaban J connectivity index is 3.25. The van der Waals surface area contributed by atoms with Gasteiger partial charge in [0, 0.05) is 0 Å². The number of aliphatic hydroxyl groups excluding tert-OH is 1. The molecule has 27 heavy (non-hydrogen) atoms. The molecule has 0 aromatic rings. The van der Waals surface area contributed by atoms with Gasteiger partial charge in [-0.25, -0.2) is 0 Å². The van der Waals surface area contributed by atoms with Crippen LogP contribution in [0.15, 0.2) is 0 Å². The van der Waals surface area contributed by atoms with Crippen molar-refractivity contribution in [3.8, 4) is 0 Å². The molecule has 0 radical (unpaired) electrons. The third-order valence-corrected chi connectivity index (χ3v) is 5.53. The Labute approximate surface area is 169 Å². The molecule has 0 spiro atoms. The van der Waals surface area contributed by atoms with Gasteiger partial charge < -0.3 is 20.7 Å². The predicted octanol–water partition coefficient (Wildman–Crippen LogP) is 5.68. The number of rotatable bonds is 20. The SMILES string of the molecule is CCCCCCCCCCCCCCCCCCOC(C)(O)C(N)C(C)O. The number of hydrogen-bond acceptors (Lipinski definition) is 4. The minimum atomic E-state index is -1.45. The summed E-state index contributed by atoms with van der Waals surface area (Å²) in [6.07, 6.45) is 20.6. The topological polar surface area (TPSA) is 75.7 Å². The minimum absolute atomic E-state index is 0.492. The summed E-state index contributed by atoms with van der Waals surface area (Å²) in [6.45, 7) is 5.86. The number of aliphatic hydroxyl groups is 2. The van der Waals surface area contributed by atoms with Crippen molar-refractivity contribution in [3.05, 3.63) is 0 Å². The second-order valence-corrected chi connectivity index (χ2v) is 8.47. The zero-order valence-corrected chi connectivity index (χ0v) is 18.6. The van der Waals surface area contributed by atoms with Gasteiger partial charge in [-0.2, -0.15) is 0 Å². The van der Waals surface area contributed by atoms with Gasteiger partial charge in [-0.05, 0) is 20.3 Å². The van der Waals surface area contributed by atoms with E-state index < -0.39 is 17.9 Å². The number of hydrogen-bond donors (Lipinski definition) is 3. The monoisotopic (exact) mass is 387 g/mol. The van der Waals surface area contributed by atoms with E-state index in [1.807, 2.05) is 0 Å². The summed E-state index contributed by atoms with van der Waals surface area (Å²) in [5.41, 5.74) is 5.74. The van der Waals surface area contributed by atoms with Gasteiger partial charge in [0.1, 0.15) is 0 Å². The Morgan fingerprint density at radius 1 is 0.741 bits per heavy atom. The van der Waals surface area contributed by atoms with Gasteiger partial charge in [-0.1, -0.05) is 103 Å². The van der Waals surface area contributed by atoms with Crippen LogP contribution in [-0.4, -0.2) is 34.8 Å². The van der Waals surface area contributed by atoms with E-state index in [4.69, 9.17) is 10.5 Å². The van der Waals surface area contributed by atoms with E-state index in [-0.39, 0.29) is 0 Å². The standard InChI is InChI=1S/C23H49NO3/c1-4-5-6-7-8-9-10-11-12-13-14-15-16-17-18-19-20-27-23(3,26)22(24)21(2)25/h21-22,25-26H,4-20,24H2,1-3H3. The van der Waals surface area contributed by atoms with E-state index in [2.05, 4.69) is 6.92 Å². The van der Waals surface area contributed by atoms with E-state index >= 15 is 0 Å². The Morgan fingerprint density at radius 2 is 1.07 bits per heavy atom. The fourth-order valence-corrected chi connectivity index (χ4v) is 3.47. The third kappa shape index (κ3) is 16.5. The van der Waals surface area contributed by atoms with Gasteiger partial charge in [0.05, 0.1) is 18.8 Å². The van der Waals surface area contributed by atoms with Gasteiger partial charge in [0.15, 0.2) is 5.79 Å². The molecule has 4 heteroatoms. The van der Waals surface area contributed by atoms with Crippen molar-refractivity contribution in [2.75, 3.05) is 6.61 Å². The highest BCUT2D eigenvalue weighted by Gasteiger charge is 2.32. The summed E-state index contributed by atoms with van der Waals surface area (Å²) in [5, 5.41) is 19.5. The molecule has 0 aliphatic carbocycles. The molecule has 0 amide bonds. The normalized spacial score (nSPS) is 16.2. The van der Waals surface area contributed by atoms with Crippen LogP contribution in [0, 0.1) is 0 Å². The van der Waals surface area contributed by atoms with Crippen molar-refractivity contribution < 1.29 is 14.9 Å². The van der Waals surface area contributed by atoms with Crippen molar-refractivity contribution in [3.63, 3.8) is 0 Å². The van der Waals surface area contributed by atoms with Crippen molar-refractivity contribution in [2.45, 2.75) is 141 Å². The first-order chi connectivity index (χ1) is 12.9. The second-order valence-electron chi connectivity index (χ2n) is 8.47. The van der Waals surface area contributed by atoms with Gasteiger partial charge in [0.25, 0.3) is 0 Å². The Morgan fingerprint density at radius 3 is 1.41 bits per heavy atom. The Hall–Kier alpha value is -0.160. The van der Waals surface area contributed by atoms with Crippen LogP contribution in [0.25, 0.3) is 0 Å². The largest absolute Gasteiger partial charge is 0.392 e. The van der Waals surface area contributed by atoms with Crippen LogP contribution >= 0.6 is 0 Å². The molecule has 0 rings (SSSR count). The van der Waals surface area contributed by atoms with Gasteiger partial charge in [0.2, 0.25) is 0 Å². The quantitative estimate of drug-likeness (QED) is 0.185. The summed E-state index contributed by atoms with van der Waals surface area (Å²) in [5.74, 6) is -1.45. The third-order valence-electron chi connectivity index (χ3n) is 5.53. The summed E-state index contributed by atoms with van der Waals surface area (Å²) in [6, 6.07) is -0.779. The first-order valence-corrected chi connectivity index (χ1v) is 11.7. The average Bonchev–Trinajstić information content (AvgIpc) is 2.63. The summed E-state index contributed by atoms with van der Waals surface area (Å²) >= 11 is 0. The highest BCUT2D eigenvalue weighted by Crippen LogP contribution is 2.16. The lowest BCUT2D eigenvalue weighted by atomic mass is 10.0. The predicted molar refractivity (Wildman–Crippen MR) is 116 cm³/mol. The highest BCUT2D eigenvalue weighted by atomic mass is 16.6. The van der Waals surface area contributed by atoms with Gasteiger partial charge in [-0.15, -0.1) is 0 Å². The summed E-state index contributed by atoms with van der Waals surface area (Å²) < 4.78 is 5.44. The molecule has 4 nitrogen and oxygen atoms in total. The molecular weight excluding hydrogens is 338 g/mol. The first kappa shape index (κ1) is 26.8. The molecule has 0 aliphatic heterocycles. The van der Waals surface area contributed by atoms with Crippen LogP contribution in [-0.2, 0) is 4.74 Å². The van der Waals surface area contributed by atoms with E-state index in [1.54, 1.807) is 6.92 Å². The maximum Gasteiger partial charge on any atom is 0.180 e. The minimum Gasteiger partial charge on any atom is -0.392 e. The first-order valence-electron chi connectivity index (χ1n) is 11.7. The van der Waals surface area contributed by atoms with Crippen LogP contribution < -0.4 is 5.73 Å². The van der Waals surface area contributed by atoms with Crippen molar-refractivity contribution >= 4 is 0 Å². The fourth-order valence-electron chi connectivity index (χ4n) is 3.47. The molecule has 3 unspecified atom stereocenters. The van der Waals surface area contributed by atoms with Crippen molar-refractivity contribution in [1.29, 1.82) is 0 Å². The maximum absolute atomic E-state index is 10.1. The molecular formula is C23H49NO3. The van der Waals surface area contributed by atoms with Gasteiger partial charge >= 0.3 is 0 Å². The van der Waals surface area contributed by atoms with E-state index in [1.165, 1.54) is 96.8 Å². The van der Waals surface area contributed by atoms with Crippen molar-refractivity contribution in [1.82, 2.24) is 0 Å². The van der Waals surface area contributed by atoms with Crippen LogP contribution in [0.3, 0.4) is 0 Å². The number of ether oxygens (including phenoxy) is 1. The smallest absolute Gasteiger partial charge is 0.180 e. The lowest BCUT2D eigenvalue weighted by Gasteiger charge is -2.31. The van der Waals surface area contributed by atoms with Crippen molar-refractivity contribution in [2.24, 2.45) is 5.73 Å². The number of unbranched alkanes of at least 4 members (excludes halogenated alkanes) is 15. The van der Waals surface area contributed by atoms with E-state index in [9.17, 15) is 10.2 Å².